The van der Waals surface area contributed by atoms with Crippen LogP contribution in [0.1, 0.15) is 58.1 Å². The Bertz CT molecular complexity index is 852. The molecule has 3 rings (SSSR count). The summed E-state index contributed by atoms with van der Waals surface area (Å²) in [6, 6.07) is 14.2. The first-order valence-corrected chi connectivity index (χ1v) is 9.63. The Morgan fingerprint density at radius 3 is 2.59 bits per heavy atom. The van der Waals surface area contributed by atoms with E-state index in [0.29, 0.717) is 5.92 Å². The highest BCUT2D eigenvalue weighted by Crippen LogP contribution is 2.43. The average Bonchev–Trinajstić information content (AvgIpc) is 2.60. The largest absolute Gasteiger partial charge is 0.366 e. The molecule has 0 radical (unpaired) electrons. The van der Waals surface area contributed by atoms with Gasteiger partial charge in [0.25, 0.3) is 0 Å². The second-order valence-corrected chi connectivity index (χ2v) is 7.97. The smallest absolute Gasteiger partial charge is 0.221 e. The minimum atomic E-state index is -0.0706. The fourth-order valence-electron chi connectivity index (χ4n) is 4.17. The van der Waals surface area contributed by atoms with Gasteiger partial charge >= 0.3 is 0 Å². The van der Waals surface area contributed by atoms with Crippen LogP contribution in [-0.4, -0.2) is 24.2 Å². The van der Waals surface area contributed by atoms with E-state index in [9.17, 15) is 4.79 Å². The Hall–Kier alpha value is -2.62. The number of nitrogens with one attached hydrogen (secondary N) is 1. The molecular weight excluding hydrogens is 334 g/mol. The topological polar surface area (TPSA) is 44.7 Å². The lowest BCUT2D eigenvalue weighted by Crippen LogP contribution is -2.48. The molecule has 0 aromatic heterocycles. The van der Waals surface area contributed by atoms with Crippen molar-refractivity contribution in [2.75, 3.05) is 16.8 Å². The van der Waals surface area contributed by atoms with E-state index in [1.54, 1.807) is 0 Å². The molecule has 1 amide bonds. The molecule has 1 atom stereocenters. The Kier molecular flexibility index (Phi) is 5.36. The number of anilines is 2. The summed E-state index contributed by atoms with van der Waals surface area (Å²) in [5.74, 6) is 0.460. The van der Waals surface area contributed by atoms with Crippen molar-refractivity contribution in [2.45, 2.75) is 52.5 Å². The molecule has 2 aromatic rings. The molecule has 0 bridgehead atoms. The maximum absolute atomic E-state index is 11.1. The first-order chi connectivity index (χ1) is 12.8. The molecule has 0 spiro atoms. The quantitative estimate of drug-likeness (QED) is 0.728. The van der Waals surface area contributed by atoms with Gasteiger partial charge < -0.3 is 10.2 Å². The predicted octanol–water partition coefficient (Wildman–Crippen LogP) is 5.51. The summed E-state index contributed by atoms with van der Waals surface area (Å²) in [6.45, 7) is 11.7. The maximum atomic E-state index is 11.1. The van der Waals surface area contributed by atoms with Crippen LogP contribution >= 0.6 is 0 Å². The average molecular weight is 364 g/mol. The molecule has 0 fully saturated rings. The van der Waals surface area contributed by atoms with E-state index in [-0.39, 0.29) is 11.4 Å². The number of rotatable bonds is 4. The summed E-state index contributed by atoms with van der Waals surface area (Å²) in [5, 5.41) is 2.77. The normalized spacial score (nSPS) is 18.4. The lowest BCUT2D eigenvalue weighted by atomic mass is 9.79. The Labute approximate surface area is 162 Å². The minimum Gasteiger partial charge on any atom is -0.366 e. The van der Waals surface area contributed by atoms with E-state index in [1.165, 1.54) is 18.2 Å². The van der Waals surface area contributed by atoms with Gasteiger partial charge in [0.2, 0.25) is 5.91 Å². The third-order valence-corrected chi connectivity index (χ3v) is 5.28. The lowest BCUT2D eigenvalue weighted by Gasteiger charge is -2.47. The van der Waals surface area contributed by atoms with Gasteiger partial charge in [0.1, 0.15) is 0 Å². The number of hydrogen-bond donors (Lipinski definition) is 1. The van der Waals surface area contributed by atoms with Gasteiger partial charge in [-0.25, -0.2) is 0 Å². The minimum absolute atomic E-state index is 0.0706. The highest BCUT2D eigenvalue weighted by atomic mass is 16.1. The molecule has 1 aliphatic heterocycles. The Morgan fingerprint density at radius 2 is 1.96 bits per heavy atom. The van der Waals surface area contributed by atoms with Crippen molar-refractivity contribution in [1.82, 2.24) is 0 Å². The second-order valence-electron chi connectivity index (χ2n) is 7.97. The van der Waals surface area contributed by atoms with Crippen LogP contribution in [0.2, 0.25) is 0 Å². The number of fused-ring (bicyclic) bond motifs is 1. The molecule has 1 aliphatic rings. The highest BCUT2D eigenvalue weighted by molar-refractivity contribution is 5.89. The van der Waals surface area contributed by atoms with E-state index in [2.05, 4.69) is 61.1 Å². The van der Waals surface area contributed by atoms with Gasteiger partial charge in [-0.3, -0.25) is 9.79 Å². The van der Waals surface area contributed by atoms with Crippen molar-refractivity contribution in [1.29, 1.82) is 0 Å². The number of carbonyl (C=O) groups is 1. The van der Waals surface area contributed by atoms with Crippen LogP contribution in [0.25, 0.3) is 0 Å². The number of hydrogen-bond acceptors (Lipinski definition) is 3. The Morgan fingerprint density at radius 1 is 1.26 bits per heavy atom. The molecule has 1 N–H and O–H groups in total. The molecule has 1 unspecified atom stereocenters. The van der Waals surface area contributed by atoms with Gasteiger partial charge in [-0.15, -0.1) is 0 Å². The first-order valence-electron chi connectivity index (χ1n) is 9.63. The van der Waals surface area contributed by atoms with Crippen LogP contribution in [0.15, 0.2) is 47.5 Å². The molecule has 2 aromatic carbocycles. The maximum Gasteiger partial charge on any atom is 0.221 e. The monoisotopic (exact) mass is 363 g/mol. The number of aliphatic imine (C=N–C) groups is 1. The summed E-state index contributed by atoms with van der Waals surface area (Å²) in [7, 11) is 0. The van der Waals surface area contributed by atoms with Crippen LogP contribution in [0, 0.1) is 0 Å². The van der Waals surface area contributed by atoms with Crippen molar-refractivity contribution < 1.29 is 4.79 Å². The molecule has 0 saturated heterocycles. The van der Waals surface area contributed by atoms with Crippen LogP contribution in [-0.2, 0) is 4.79 Å². The van der Waals surface area contributed by atoms with Gasteiger partial charge in [-0.05, 0) is 80.6 Å². The highest BCUT2D eigenvalue weighted by Gasteiger charge is 2.35. The third-order valence-electron chi connectivity index (χ3n) is 5.28. The van der Waals surface area contributed by atoms with Gasteiger partial charge in [0.15, 0.2) is 0 Å². The van der Waals surface area contributed by atoms with Crippen LogP contribution < -0.4 is 10.2 Å². The van der Waals surface area contributed by atoms with E-state index in [0.717, 1.165) is 29.9 Å². The zero-order valence-corrected chi connectivity index (χ0v) is 16.9. The summed E-state index contributed by atoms with van der Waals surface area (Å²) in [5.41, 5.74) is 5.70. The van der Waals surface area contributed by atoms with Crippen LogP contribution in [0.5, 0.6) is 0 Å². The molecule has 4 nitrogen and oxygen atoms in total. The SMILES string of the molecule is CCN1c2ccc(C=Nc3ccc(NC(C)=O)cc3)cc2C(C)CC1(C)C. The van der Waals surface area contributed by atoms with E-state index in [1.807, 2.05) is 30.5 Å². The molecular formula is C23H29N3O. The van der Waals surface area contributed by atoms with Crippen molar-refractivity contribution in [3.8, 4) is 0 Å². The first kappa shape index (κ1) is 19.2. The van der Waals surface area contributed by atoms with Crippen LogP contribution in [0.4, 0.5) is 17.1 Å². The third kappa shape index (κ3) is 4.21. The Balaban J connectivity index is 1.82. The van der Waals surface area contributed by atoms with Crippen molar-refractivity contribution >= 4 is 29.2 Å². The number of amides is 1. The number of nitrogens with zero attached hydrogens (tertiary/aromatic N) is 2. The lowest BCUT2D eigenvalue weighted by molar-refractivity contribution is -0.114. The summed E-state index contributed by atoms with van der Waals surface area (Å²) >= 11 is 0. The van der Waals surface area contributed by atoms with Crippen molar-refractivity contribution in [3.05, 3.63) is 53.6 Å². The van der Waals surface area contributed by atoms with Crippen LogP contribution in [0.3, 0.4) is 0 Å². The van der Waals surface area contributed by atoms with Crippen molar-refractivity contribution in [2.24, 2.45) is 4.99 Å². The van der Waals surface area contributed by atoms with Gasteiger partial charge in [0, 0.05) is 36.6 Å². The zero-order chi connectivity index (χ0) is 19.6. The summed E-state index contributed by atoms with van der Waals surface area (Å²) < 4.78 is 0. The number of benzene rings is 2. The molecule has 1 heterocycles. The summed E-state index contributed by atoms with van der Waals surface area (Å²) in [4.78, 5) is 18.2. The molecule has 142 valence electrons. The fraction of sp³-hybridized carbons (Fsp3) is 0.391. The summed E-state index contributed by atoms with van der Waals surface area (Å²) in [6.07, 6.45) is 3.06. The van der Waals surface area contributed by atoms with E-state index in [4.69, 9.17) is 0 Å². The molecule has 27 heavy (non-hydrogen) atoms. The second kappa shape index (κ2) is 7.55. The van der Waals surface area contributed by atoms with Gasteiger partial charge in [0.05, 0.1) is 5.69 Å². The van der Waals surface area contributed by atoms with E-state index < -0.39 is 0 Å². The van der Waals surface area contributed by atoms with Gasteiger partial charge in [-0.2, -0.15) is 0 Å². The molecule has 0 aliphatic carbocycles. The number of carbonyl (C=O) groups excluding carboxylic acids is 1. The molecule has 4 heteroatoms. The zero-order valence-electron chi connectivity index (χ0n) is 16.9. The molecule has 0 saturated carbocycles. The standard InChI is InChI=1S/C23H29N3O/c1-6-26-22-12-7-18(13-21(22)16(2)14-23(26,4)5)15-24-19-8-10-20(11-9-19)25-17(3)27/h7-13,15-16H,6,14H2,1-5H3,(H,25,27). The predicted molar refractivity (Wildman–Crippen MR) is 115 cm³/mol. The fourth-order valence-corrected chi connectivity index (χ4v) is 4.17. The van der Waals surface area contributed by atoms with Gasteiger partial charge in [-0.1, -0.05) is 13.0 Å². The van der Waals surface area contributed by atoms with Crippen molar-refractivity contribution in [3.63, 3.8) is 0 Å². The van der Waals surface area contributed by atoms with E-state index >= 15 is 0 Å².